The number of carbonyl (C=O) groups excluding carboxylic acids is 7. The van der Waals surface area contributed by atoms with Gasteiger partial charge in [0.15, 0.2) is 0 Å². The first-order chi connectivity index (χ1) is 20.3. The van der Waals surface area contributed by atoms with Crippen molar-refractivity contribution in [2.24, 2.45) is 5.73 Å². The zero-order valence-corrected chi connectivity index (χ0v) is 24.1. The van der Waals surface area contributed by atoms with Crippen LogP contribution in [-0.2, 0) is 38.4 Å². The van der Waals surface area contributed by atoms with Gasteiger partial charge >= 0.3 is 5.97 Å². The molecular weight excluding hydrogens is 572 g/mol. The van der Waals surface area contributed by atoms with E-state index in [2.05, 4.69) is 26.6 Å². The molecule has 5 atom stereocenters. The Labute approximate surface area is 247 Å². The summed E-state index contributed by atoms with van der Waals surface area (Å²) in [6.07, 6.45) is 1.73. The molecule has 0 unspecified atom stereocenters. The van der Waals surface area contributed by atoms with Crippen LogP contribution in [0.1, 0.15) is 39.5 Å². The zero-order valence-electron chi connectivity index (χ0n) is 24.1. The number of likely N-dealkylation sites (tertiary alicyclic amines) is 2. The molecule has 0 aliphatic carbocycles. The van der Waals surface area contributed by atoms with Gasteiger partial charge in [-0.25, -0.2) is 4.79 Å². The summed E-state index contributed by atoms with van der Waals surface area (Å²) in [4.78, 5) is 100.0. The maximum Gasteiger partial charge on any atom is 0.326 e. The molecule has 7 amide bonds. The number of carbonyl (C=O) groups is 8. The van der Waals surface area contributed by atoms with Gasteiger partial charge in [-0.3, -0.25) is 33.6 Å². The molecule has 0 aromatic rings. The van der Waals surface area contributed by atoms with Gasteiger partial charge in [0.25, 0.3) is 0 Å². The lowest BCUT2D eigenvalue weighted by Gasteiger charge is -2.28. The molecule has 0 aromatic heterocycles. The second-order valence-electron chi connectivity index (χ2n) is 10.3. The lowest BCUT2D eigenvalue weighted by atomic mass is 10.1. The van der Waals surface area contributed by atoms with E-state index < -0.39 is 104 Å². The fourth-order valence-electron chi connectivity index (χ4n) is 4.61. The second kappa shape index (κ2) is 16.4. The number of aliphatic carboxylic acids is 1. The van der Waals surface area contributed by atoms with Crippen molar-refractivity contribution in [3.63, 3.8) is 0 Å². The molecule has 2 rings (SSSR count). The predicted octanol–water partition coefficient (Wildman–Crippen LogP) is -5.27. The molecule has 9 N–H and O–H groups in total. The highest BCUT2D eigenvalue weighted by Gasteiger charge is 2.39. The minimum atomic E-state index is -1.32. The molecule has 0 aromatic carbocycles. The van der Waals surface area contributed by atoms with Crippen molar-refractivity contribution in [1.82, 2.24) is 36.4 Å². The van der Waals surface area contributed by atoms with E-state index in [-0.39, 0.29) is 13.1 Å². The lowest BCUT2D eigenvalue weighted by molar-refractivity contribution is -0.149. The monoisotopic (exact) mass is 612 g/mol. The van der Waals surface area contributed by atoms with E-state index in [9.17, 15) is 48.6 Å². The highest BCUT2D eigenvalue weighted by Crippen LogP contribution is 2.20. The maximum absolute atomic E-state index is 12.9. The van der Waals surface area contributed by atoms with Crippen molar-refractivity contribution in [1.29, 1.82) is 0 Å². The summed E-state index contributed by atoms with van der Waals surface area (Å²) in [6, 6.07) is -5.06. The standard InChI is InChI=1S/C25H40N8O10/c1-13(26)21(38)31-15(12-34)22(39)29-10-19(36)27-9-18(35)28-11-20(37)32-7-3-5-16(32)23(40)30-14(2)24(41)33-8-4-6-17(33)25(42)43/h13-17,34H,3-12,26H2,1-2H3,(H,27,36)(H,28,35)(H,29,39)(H,30,40)(H,31,38)(H,42,43)/t13-,14-,15-,16-,17-/m0/s1. The predicted molar refractivity (Wildman–Crippen MR) is 146 cm³/mol. The normalized spacial score (nSPS) is 19.9. The highest BCUT2D eigenvalue weighted by molar-refractivity contribution is 5.95. The SMILES string of the molecule is C[C@H](N)C(=O)N[C@@H](CO)C(=O)NCC(=O)NCC(=O)NCC(=O)N1CCC[C@H]1C(=O)N[C@@H](C)C(=O)N1CCC[C@H]1C(=O)O. The Bertz CT molecular complexity index is 1100. The average Bonchev–Trinajstić information content (AvgIpc) is 3.66. The van der Waals surface area contributed by atoms with Gasteiger partial charge in [0.1, 0.15) is 24.2 Å². The highest BCUT2D eigenvalue weighted by atomic mass is 16.4. The van der Waals surface area contributed by atoms with E-state index >= 15 is 0 Å². The van der Waals surface area contributed by atoms with Crippen LogP contribution in [0, 0.1) is 0 Å². The van der Waals surface area contributed by atoms with Gasteiger partial charge in [0.05, 0.1) is 32.3 Å². The van der Waals surface area contributed by atoms with Gasteiger partial charge in [-0.05, 0) is 39.5 Å². The number of aliphatic hydroxyl groups is 1. The number of hydrogen-bond acceptors (Lipinski definition) is 10. The van der Waals surface area contributed by atoms with Crippen LogP contribution >= 0.6 is 0 Å². The minimum Gasteiger partial charge on any atom is -0.480 e. The van der Waals surface area contributed by atoms with Crippen LogP contribution in [-0.4, -0.2) is 137 Å². The van der Waals surface area contributed by atoms with E-state index in [4.69, 9.17) is 5.73 Å². The van der Waals surface area contributed by atoms with Crippen molar-refractivity contribution >= 4 is 47.3 Å². The molecule has 240 valence electrons. The van der Waals surface area contributed by atoms with E-state index in [1.54, 1.807) is 0 Å². The van der Waals surface area contributed by atoms with Crippen molar-refractivity contribution in [2.75, 3.05) is 39.3 Å². The summed E-state index contributed by atoms with van der Waals surface area (Å²) in [7, 11) is 0. The Morgan fingerprint density at radius 3 is 1.93 bits per heavy atom. The second-order valence-corrected chi connectivity index (χ2v) is 10.3. The third kappa shape index (κ3) is 10.2. The van der Waals surface area contributed by atoms with Gasteiger partial charge in [0, 0.05) is 13.1 Å². The van der Waals surface area contributed by atoms with Crippen LogP contribution in [0.4, 0.5) is 0 Å². The first-order valence-corrected chi connectivity index (χ1v) is 13.9. The van der Waals surface area contributed by atoms with E-state index in [0.717, 1.165) is 0 Å². The number of hydrogen-bond donors (Lipinski definition) is 8. The van der Waals surface area contributed by atoms with Gasteiger partial charge < -0.3 is 52.3 Å². The summed E-state index contributed by atoms with van der Waals surface area (Å²) < 4.78 is 0. The number of nitrogens with one attached hydrogen (secondary N) is 5. The molecule has 2 aliphatic rings. The molecule has 18 heteroatoms. The number of nitrogens with two attached hydrogens (primary N) is 1. The topological polar surface area (TPSA) is 270 Å². The van der Waals surface area contributed by atoms with Crippen LogP contribution in [0.3, 0.4) is 0 Å². The van der Waals surface area contributed by atoms with Gasteiger partial charge in [-0.15, -0.1) is 0 Å². The summed E-state index contributed by atoms with van der Waals surface area (Å²) >= 11 is 0. The molecular formula is C25H40N8O10. The molecule has 2 aliphatic heterocycles. The maximum atomic E-state index is 12.9. The Hall–Kier alpha value is -4.32. The number of carboxylic acid groups (broad SMARTS) is 1. The average molecular weight is 613 g/mol. The molecule has 0 bridgehead atoms. The third-order valence-electron chi connectivity index (χ3n) is 6.96. The quantitative estimate of drug-likeness (QED) is 0.0918. The Morgan fingerprint density at radius 1 is 0.791 bits per heavy atom. The molecule has 0 spiro atoms. The smallest absolute Gasteiger partial charge is 0.326 e. The fraction of sp³-hybridized carbons (Fsp3) is 0.680. The van der Waals surface area contributed by atoms with Gasteiger partial charge in [-0.1, -0.05) is 0 Å². The summed E-state index contributed by atoms with van der Waals surface area (Å²) in [6.45, 7) is 1.08. The molecule has 2 saturated heterocycles. The number of nitrogens with zero attached hydrogens (tertiary/aromatic N) is 2. The summed E-state index contributed by atoms with van der Waals surface area (Å²) in [5.74, 6) is -5.76. The largest absolute Gasteiger partial charge is 0.480 e. The number of aliphatic hydroxyl groups excluding tert-OH is 1. The van der Waals surface area contributed by atoms with Crippen LogP contribution in [0.2, 0.25) is 0 Å². The Balaban J connectivity index is 1.75. The summed E-state index contributed by atoms with van der Waals surface area (Å²) in [5.41, 5.74) is 5.39. The van der Waals surface area contributed by atoms with E-state index in [1.165, 1.54) is 23.6 Å². The molecule has 0 radical (unpaired) electrons. The molecule has 2 heterocycles. The van der Waals surface area contributed by atoms with Crippen LogP contribution in [0.25, 0.3) is 0 Å². The number of rotatable bonds is 14. The van der Waals surface area contributed by atoms with E-state index in [0.29, 0.717) is 25.7 Å². The van der Waals surface area contributed by atoms with Gasteiger partial charge in [0.2, 0.25) is 41.4 Å². The Morgan fingerprint density at radius 2 is 1.35 bits per heavy atom. The van der Waals surface area contributed by atoms with Crippen LogP contribution in [0.5, 0.6) is 0 Å². The molecule has 0 saturated carbocycles. The van der Waals surface area contributed by atoms with E-state index in [1.807, 2.05) is 0 Å². The van der Waals surface area contributed by atoms with Crippen LogP contribution in [0.15, 0.2) is 0 Å². The van der Waals surface area contributed by atoms with Crippen molar-refractivity contribution < 1.29 is 48.6 Å². The first kappa shape index (κ1) is 34.9. The summed E-state index contributed by atoms with van der Waals surface area (Å²) in [5, 5.41) is 30.1. The van der Waals surface area contributed by atoms with Gasteiger partial charge in [-0.2, -0.15) is 0 Å². The lowest BCUT2D eigenvalue weighted by Crippen LogP contribution is -2.55. The number of carboxylic acids is 1. The van der Waals surface area contributed by atoms with Crippen molar-refractivity contribution in [3.8, 4) is 0 Å². The molecule has 18 nitrogen and oxygen atoms in total. The first-order valence-electron chi connectivity index (χ1n) is 13.9. The zero-order chi connectivity index (χ0) is 32.3. The number of amides is 7. The third-order valence-corrected chi connectivity index (χ3v) is 6.96. The minimum absolute atomic E-state index is 0.248. The van der Waals surface area contributed by atoms with Crippen molar-refractivity contribution in [2.45, 2.75) is 69.7 Å². The molecule has 43 heavy (non-hydrogen) atoms. The Kier molecular flexibility index (Phi) is 13.3. The van der Waals surface area contributed by atoms with Crippen LogP contribution < -0.4 is 32.3 Å². The fourth-order valence-corrected chi connectivity index (χ4v) is 4.61. The van der Waals surface area contributed by atoms with Crippen molar-refractivity contribution in [3.05, 3.63) is 0 Å². The molecule has 2 fully saturated rings.